The second-order valence-electron chi connectivity index (χ2n) is 4.62. The van der Waals surface area contributed by atoms with Crippen molar-refractivity contribution in [1.29, 1.82) is 0 Å². The first-order chi connectivity index (χ1) is 12.0. The number of hydrogen-bond donors (Lipinski definition) is 0. The zero-order chi connectivity index (χ0) is 18.4. The standard InChI is InChI=1S/C16H15Cl2NO4S2/c1-3-22-14(20)13(15(21)23-4-2)25-16-19-12(8-24-16)10-6-5-9(17)7-11(10)18/h5-8,13H,3-4H2,1-2H3. The van der Waals surface area contributed by atoms with Crippen LogP contribution in [0.4, 0.5) is 0 Å². The molecule has 25 heavy (non-hydrogen) atoms. The number of ether oxygens (including phenoxy) is 2. The molecule has 0 spiro atoms. The highest BCUT2D eigenvalue weighted by atomic mass is 35.5. The van der Waals surface area contributed by atoms with Gasteiger partial charge < -0.3 is 9.47 Å². The van der Waals surface area contributed by atoms with Crippen LogP contribution in [0.1, 0.15) is 13.8 Å². The quantitative estimate of drug-likeness (QED) is 0.367. The van der Waals surface area contributed by atoms with Gasteiger partial charge in [-0.1, -0.05) is 35.0 Å². The van der Waals surface area contributed by atoms with Crippen molar-refractivity contribution >= 4 is 58.2 Å². The number of carbonyl (C=O) groups excluding carboxylic acids is 2. The van der Waals surface area contributed by atoms with E-state index in [-0.39, 0.29) is 13.2 Å². The predicted octanol–water partition coefficient (Wildman–Crippen LogP) is 4.70. The lowest BCUT2D eigenvalue weighted by Crippen LogP contribution is -2.30. The molecule has 0 aliphatic heterocycles. The van der Waals surface area contributed by atoms with Gasteiger partial charge >= 0.3 is 11.9 Å². The molecule has 1 heterocycles. The van der Waals surface area contributed by atoms with Crippen molar-refractivity contribution < 1.29 is 19.1 Å². The summed E-state index contributed by atoms with van der Waals surface area (Å²) in [5.74, 6) is -1.29. The molecule has 0 aliphatic rings. The van der Waals surface area contributed by atoms with E-state index >= 15 is 0 Å². The van der Waals surface area contributed by atoms with Crippen LogP contribution < -0.4 is 0 Å². The average Bonchev–Trinajstić information content (AvgIpc) is 3.01. The lowest BCUT2D eigenvalue weighted by molar-refractivity contribution is -0.152. The number of nitrogens with zero attached hydrogens (tertiary/aromatic N) is 1. The number of benzene rings is 1. The van der Waals surface area contributed by atoms with Crippen molar-refractivity contribution in [2.75, 3.05) is 13.2 Å². The van der Waals surface area contributed by atoms with Gasteiger partial charge in [-0.05, 0) is 32.0 Å². The second-order valence-corrected chi connectivity index (χ2v) is 7.68. The van der Waals surface area contributed by atoms with Gasteiger partial charge in [0.1, 0.15) is 0 Å². The Bertz CT molecular complexity index is 748. The molecule has 2 aromatic rings. The highest BCUT2D eigenvalue weighted by Crippen LogP contribution is 2.35. The minimum Gasteiger partial charge on any atom is -0.465 e. The predicted molar refractivity (Wildman–Crippen MR) is 100 cm³/mol. The molecule has 9 heteroatoms. The molecule has 0 radical (unpaired) electrons. The Morgan fingerprint density at radius 2 is 1.84 bits per heavy atom. The largest absolute Gasteiger partial charge is 0.465 e. The highest BCUT2D eigenvalue weighted by molar-refractivity contribution is 8.02. The third kappa shape index (κ3) is 5.34. The van der Waals surface area contributed by atoms with Crippen LogP contribution >= 0.6 is 46.3 Å². The third-order valence-corrected chi connectivity index (χ3v) is 5.58. The molecule has 0 unspecified atom stereocenters. The maximum atomic E-state index is 12.0. The summed E-state index contributed by atoms with van der Waals surface area (Å²) in [6.45, 7) is 3.71. The summed E-state index contributed by atoms with van der Waals surface area (Å²) in [5, 5.41) is 1.69. The number of carbonyl (C=O) groups is 2. The molecule has 5 nitrogen and oxygen atoms in total. The molecule has 0 atom stereocenters. The topological polar surface area (TPSA) is 65.5 Å². The molecule has 0 fully saturated rings. The second kappa shape index (κ2) is 9.43. The van der Waals surface area contributed by atoms with Crippen LogP contribution in [0.25, 0.3) is 11.3 Å². The molecule has 0 bridgehead atoms. The van der Waals surface area contributed by atoms with Gasteiger partial charge in [-0.3, -0.25) is 9.59 Å². The van der Waals surface area contributed by atoms with Crippen LogP contribution in [0.15, 0.2) is 27.9 Å². The Hall–Kier alpha value is -1.28. The lowest BCUT2D eigenvalue weighted by atomic mass is 10.2. The number of rotatable bonds is 7. The van der Waals surface area contributed by atoms with Gasteiger partial charge in [-0.25, -0.2) is 4.98 Å². The molecular formula is C16H15Cl2NO4S2. The molecule has 1 aromatic heterocycles. The average molecular weight is 420 g/mol. The van der Waals surface area contributed by atoms with Crippen molar-refractivity contribution in [2.45, 2.75) is 23.4 Å². The van der Waals surface area contributed by atoms with E-state index < -0.39 is 17.2 Å². The number of thioether (sulfide) groups is 1. The fraction of sp³-hybridized carbons (Fsp3) is 0.312. The van der Waals surface area contributed by atoms with Crippen molar-refractivity contribution in [3.8, 4) is 11.3 Å². The molecule has 1 aromatic carbocycles. The molecule has 134 valence electrons. The van der Waals surface area contributed by atoms with Crippen molar-refractivity contribution in [3.63, 3.8) is 0 Å². The summed E-state index contributed by atoms with van der Waals surface area (Å²) in [5.41, 5.74) is 1.36. The zero-order valence-corrected chi connectivity index (χ0v) is 16.6. The summed E-state index contributed by atoms with van der Waals surface area (Å²) in [4.78, 5) is 28.5. The summed E-state index contributed by atoms with van der Waals surface area (Å²) in [6, 6.07) is 5.11. The number of thiazole rings is 1. The van der Waals surface area contributed by atoms with Crippen LogP contribution in [0.3, 0.4) is 0 Å². The van der Waals surface area contributed by atoms with E-state index in [1.54, 1.807) is 37.4 Å². The number of esters is 2. The van der Waals surface area contributed by atoms with Crippen molar-refractivity contribution in [2.24, 2.45) is 0 Å². The summed E-state index contributed by atoms with van der Waals surface area (Å²) in [7, 11) is 0. The molecular weight excluding hydrogens is 405 g/mol. The number of aromatic nitrogens is 1. The van der Waals surface area contributed by atoms with Crippen molar-refractivity contribution in [1.82, 2.24) is 4.98 Å². The van der Waals surface area contributed by atoms with E-state index in [1.165, 1.54) is 11.3 Å². The van der Waals surface area contributed by atoms with Crippen LogP contribution in [0, 0.1) is 0 Å². The zero-order valence-electron chi connectivity index (χ0n) is 13.5. The summed E-state index contributed by atoms with van der Waals surface area (Å²) < 4.78 is 10.4. The first-order valence-electron chi connectivity index (χ1n) is 7.37. The first kappa shape index (κ1) is 20.0. The van der Waals surface area contributed by atoms with Gasteiger partial charge in [-0.2, -0.15) is 0 Å². The smallest absolute Gasteiger partial charge is 0.331 e. The maximum absolute atomic E-state index is 12.0. The molecule has 0 saturated carbocycles. The Labute approximate surface area is 163 Å². The Morgan fingerprint density at radius 3 is 2.40 bits per heavy atom. The van der Waals surface area contributed by atoms with Crippen LogP contribution in [0.5, 0.6) is 0 Å². The van der Waals surface area contributed by atoms with Gasteiger partial charge in [0.05, 0.1) is 23.9 Å². The maximum Gasteiger partial charge on any atom is 0.331 e. The molecule has 0 saturated heterocycles. The molecule has 0 amide bonds. The summed E-state index contributed by atoms with van der Waals surface area (Å²) >= 11 is 14.4. The van der Waals surface area contributed by atoms with Gasteiger partial charge in [0.2, 0.25) is 5.25 Å². The van der Waals surface area contributed by atoms with Crippen LogP contribution in [-0.2, 0) is 19.1 Å². The SMILES string of the molecule is CCOC(=O)C(Sc1nc(-c2ccc(Cl)cc2Cl)cs1)C(=O)OCC. The van der Waals surface area contributed by atoms with E-state index in [1.807, 2.05) is 0 Å². The monoisotopic (exact) mass is 419 g/mol. The third-order valence-electron chi connectivity index (χ3n) is 2.91. The normalized spacial score (nSPS) is 10.8. The Kier molecular flexibility index (Phi) is 7.56. The minimum absolute atomic E-state index is 0.179. The van der Waals surface area contributed by atoms with E-state index in [2.05, 4.69) is 4.98 Å². The Morgan fingerprint density at radius 1 is 1.20 bits per heavy atom. The highest BCUT2D eigenvalue weighted by Gasteiger charge is 2.32. The number of hydrogen-bond acceptors (Lipinski definition) is 7. The van der Waals surface area contributed by atoms with E-state index in [0.717, 1.165) is 17.3 Å². The van der Waals surface area contributed by atoms with E-state index in [0.29, 0.717) is 20.1 Å². The van der Waals surface area contributed by atoms with Crippen molar-refractivity contribution in [3.05, 3.63) is 33.6 Å². The fourth-order valence-corrected chi connectivity index (χ4v) is 4.25. The minimum atomic E-state index is -1.11. The lowest BCUT2D eigenvalue weighted by Gasteiger charge is -2.12. The van der Waals surface area contributed by atoms with Crippen LogP contribution in [-0.4, -0.2) is 35.4 Å². The van der Waals surface area contributed by atoms with E-state index in [4.69, 9.17) is 32.7 Å². The molecule has 2 rings (SSSR count). The van der Waals surface area contributed by atoms with E-state index in [9.17, 15) is 9.59 Å². The van der Waals surface area contributed by atoms with Gasteiger partial charge in [0.25, 0.3) is 0 Å². The fourth-order valence-electron chi connectivity index (χ4n) is 1.86. The molecule has 0 N–H and O–H groups in total. The summed E-state index contributed by atoms with van der Waals surface area (Å²) in [6.07, 6.45) is 0. The van der Waals surface area contributed by atoms with Crippen LogP contribution in [0.2, 0.25) is 10.0 Å². The van der Waals surface area contributed by atoms with Gasteiger partial charge in [0, 0.05) is 16.0 Å². The first-order valence-corrected chi connectivity index (χ1v) is 9.88. The van der Waals surface area contributed by atoms with Gasteiger partial charge in [-0.15, -0.1) is 11.3 Å². The Balaban J connectivity index is 2.21. The van der Waals surface area contributed by atoms with Gasteiger partial charge in [0.15, 0.2) is 4.34 Å². The number of halogens is 2. The molecule has 0 aliphatic carbocycles.